The number of pyridine rings is 1. The van der Waals surface area contributed by atoms with Crippen LogP contribution in [-0.4, -0.2) is 26.2 Å². The molecule has 1 aliphatic heterocycles. The number of aromatic amines is 1. The predicted octanol–water partition coefficient (Wildman–Crippen LogP) is 3.01. The molecule has 0 bridgehead atoms. The average molecular weight is 399 g/mol. The Kier molecular flexibility index (Phi) is 4.72. The van der Waals surface area contributed by atoms with Crippen LogP contribution in [0.25, 0.3) is 5.82 Å². The number of nitrogens with one attached hydrogen (secondary N) is 1. The molecule has 3 aromatic rings. The van der Waals surface area contributed by atoms with Crippen molar-refractivity contribution in [2.24, 2.45) is 0 Å². The van der Waals surface area contributed by atoms with Crippen LogP contribution >= 0.6 is 0 Å². The molecule has 0 fully saturated rings. The lowest BCUT2D eigenvalue weighted by atomic mass is 10.1. The lowest BCUT2D eigenvalue weighted by molar-refractivity contribution is -0.137. The largest absolute Gasteiger partial charge is 0.417 e. The summed E-state index contributed by atoms with van der Waals surface area (Å²) in [7, 11) is 0. The van der Waals surface area contributed by atoms with E-state index in [-0.39, 0.29) is 11.4 Å². The number of benzene rings is 1. The SMILES string of the molecule is N#Cc1ccc(CN2CCc3[nH]n(-c4ccc(C(F)(F)F)cn4)c(=O)c3C2)cc1. The minimum atomic E-state index is -4.47. The molecule has 6 nitrogen and oxygen atoms in total. The van der Waals surface area contributed by atoms with E-state index in [2.05, 4.69) is 21.1 Å². The zero-order valence-electron chi connectivity index (χ0n) is 15.2. The number of alkyl halides is 3. The molecule has 0 atom stereocenters. The maximum Gasteiger partial charge on any atom is 0.417 e. The van der Waals surface area contributed by atoms with Crippen LogP contribution in [0.2, 0.25) is 0 Å². The van der Waals surface area contributed by atoms with E-state index in [1.807, 2.05) is 12.1 Å². The van der Waals surface area contributed by atoms with Gasteiger partial charge >= 0.3 is 6.18 Å². The molecule has 0 saturated carbocycles. The molecule has 1 N–H and O–H groups in total. The van der Waals surface area contributed by atoms with Gasteiger partial charge in [-0.05, 0) is 29.8 Å². The van der Waals surface area contributed by atoms with Crippen LogP contribution in [0.5, 0.6) is 0 Å². The number of nitriles is 1. The molecule has 2 aromatic heterocycles. The minimum absolute atomic E-state index is 0.121. The van der Waals surface area contributed by atoms with Crippen molar-refractivity contribution in [3.05, 3.63) is 80.9 Å². The summed E-state index contributed by atoms with van der Waals surface area (Å²) in [5.41, 5.74) is 1.82. The van der Waals surface area contributed by atoms with Crippen LogP contribution in [0.15, 0.2) is 47.4 Å². The Bertz CT molecular complexity index is 1120. The maximum atomic E-state index is 12.8. The average Bonchev–Trinajstić information content (AvgIpc) is 3.04. The number of rotatable bonds is 3. The lowest BCUT2D eigenvalue weighted by Crippen LogP contribution is -2.32. The molecule has 0 radical (unpaired) electrons. The van der Waals surface area contributed by atoms with Gasteiger partial charge in [-0.3, -0.25) is 14.8 Å². The molecule has 148 valence electrons. The normalized spacial score (nSPS) is 14.4. The molecule has 4 rings (SSSR count). The van der Waals surface area contributed by atoms with Gasteiger partial charge < -0.3 is 0 Å². The third kappa shape index (κ3) is 3.79. The summed E-state index contributed by atoms with van der Waals surface area (Å²) in [6, 6.07) is 11.4. The van der Waals surface area contributed by atoms with Crippen LogP contribution in [0.1, 0.15) is 27.9 Å². The highest BCUT2D eigenvalue weighted by molar-refractivity contribution is 5.32. The molecule has 1 aromatic carbocycles. The number of H-pyrrole nitrogens is 1. The zero-order chi connectivity index (χ0) is 20.6. The van der Waals surface area contributed by atoms with E-state index >= 15 is 0 Å². The molecule has 1 aliphatic rings. The first-order valence-electron chi connectivity index (χ1n) is 8.93. The fraction of sp³-hybridized carbons (Fsp3) is 0.250. The van der Waals surface area contributed by atoms with Crippen molar-refractivity contribution in [2.45, 2.75) is 25.7 Å². The van der Waals surface area contributed by atoms with Crippen molar-refractivity contribution in [3.63, 3.8) is 0 Å². The van der Waals surface area contributed by atoms with Crippen molar-refractivity contribution in [2.75, 3.05) is 6.54 Å². The fourth-order valence-corrected chi connectivity index (χ4v) is 3.38. The quantitative estimate of drug-likeness (QED) is 0.735. The van der Waals surface area contributed by atoms with Crippen LogP contribution in [0.4, 0.5) is 13.2 Å². The molecule has 0 spiro atoms. The molecule has 9 heteroatoms. The van der Waals surface area contributed by atoms with Crippen molar-refractivity contribution in [1.82, 2.24) is 19.7 Å². The standard InChI is InChI=1S/C20H16F3N5O/c21-20(22,23)15-5-6-18(25-10-15)28-19(29)16-12-27(8-7-17(16)26-28)11-14-3-1-13(9-24)2-4-14/h1-6,10,26H,7-8,11-12H2. The Labute approximate surface area is 163 Å². The highest BCUT2D eigenvalue weighted by atomic mass is 19.4. The van der Waals surface area contributed by atoms with E-state index in [0.29, 0.717) is 30.6 Å². The van der Waals surface area contributed by atoms with Gasteiger partial charge in [-0.15, -0.1) is 0 Å². The first kappa shape index (κ1) is 19.0. The molecule has 3 heterocycles. The summed E-state index contributed by atoms with van der Waals surface area (Å²) in [5, 5.41) is 11.9. The third-order valence-corrected chi connectivity index (χ3v) is 4.93. The number of fused-ring (bicyclic) bond motifs is 1. The number of hydrogen-bond acceptors (Lipinski definition) is 4. The van der Waals surface area contributed by atoms with Gasteiger partial charge in [-0.2, -0.15) is 18.4 Å². The molecule has 0 aliphatic carbocycles. The van der Waals surface area contributed by atoms with Gasteiger partial charge in [0.25, 0.3) is 5.56 Å². The van der Waals surface area contributed by atoms with Gasteiger partial charge in [0.2, 0.25) is 0 Å². The van der Waals surface area contributed by atoms with Gasteiger partial charge in [0.15, 0.2) is 5.82 Å². The summed E-state index contributed by atoms with van der Waals surface area (Å²) in [6.07, 6.45) is -3.13. The number of aromatic nitrogens is 3. The van der Waals surface area contributed by atoms with Crippen LogP contribution < -0.4 is 5.56 Å². The molecule has 29 heavy (non-hydrogen) atoms. The second-order valence-corrected chi connectivity index (χ2v) is 6.88. The summed E-state index contributed by atoms with van der Waals surface area (Å²) < 4.78 is 39.3. The molecular weight excluding hydrogens is 383 g/mol. The van der Waals surface area contributed by atoms with E-state index in [0.717, 1.165) is 30.1 Å². The van der Waals surface area contributed by atoms with E-state index in [1.165, 1.54) is 10.7 Å². The number of hydrogen-bond donors (Lipinski definition) is 1. The van der Waals surface area contributed by atoms with Gasteiger partial charge in [0.05, 0.1) is 22.8 Å². The highest BCUT2D eigenvalue weighted by Crippen LogP contribution is 2.28. The van der Waals surface area contributed by atoms with E-state index in [1.54, 1.807) is 12.1 Å². The van der Waals surface area contributed by atoms with E-state index in [4.69, 9.17) is 5.26 Å². The Morgan fingerprint density at radius 3 is 2.55 bits per heavy atom. The van der Waals surface area contributed by atoms with Gasteiger partial charge in [0, 0.05) is 37.9 Å². The smallest absolute Gasteiger partial charge is 0.294 e. The summed E-state index contributed by atoms with van der Waals surface area (Å²) in [6.45, 7) is 1.79. The van der Waals surface area contributed by atoms with Crippen molar-refractivity contribution < 1.29 is 13.2 Å². The fourth-order valence-electron chi connectivity index (χ4n) is 3.38. The Morgan fingerprint density at radius 1 is 1.17 bits per heavy atom. The Balaban J connectivity index is 1.54. The summed E-state index contributed by atoms with van der Waals surface area (Å²) >= 11 is 0. The van der Waals surface area contributed by atoms with E-state index in [9.17, 15) is 18.0 Å². The minimum Gasteiger partial charge on any atom is -0.294 e. The number of halogens is 3. The van der Waals surface area contributed by atoms with Crippen LogP contribution in [-0.2, 0) is 25.7 Å². The third-order valence-electron chi connectivity index (χ3n) is 4.93. The topological polar surface area (TPSA) is 77.7 Å². The highest BCUT2D eigenvalue weighted by Gasteiger charge is 2.31. The predicted molar refractivity (Wildman–Crippen MR) is 98.2 cm³/mol. The monoisotopic (exact) mass is 399 g/mol. The second-order valence-electron chi connectivity index (χ2n) is 6.88. The first-order chi connectivity index (χ1) is 13.8. The first-order valence-corrected chi connectivity index (χ1v) is 8.93. The van der Waals surface area contributed by atoms with Gasteiger partial charge in [-0.25, -0.2) is 9.67 Å². The zero-order valence-corrected chi connectivity index (χ0v) is 15.2. The molecular formula is C20H16F3N5O. The van der Waals surface area contributed by atoms with Gasteiger partial charge in [0.1, 0.15) is 0 Å². The maximum absolute atomic E-state index is 12.8. The molecule has 0 amide bonds. The van der Waals surface area contributed by atoms with Crippen molar-refractivity contribution in [3.8, 4) is 11.9 Å². The summed E-state index contributed by atoms with van der Waals surface area (Å²) in [4.78, 5) is 18.7. The van der Waals surface area contributed by atoms with Crippen LogP contribution in [0, 0.1) is 11.3 Å². The van der Waals surface area contributed by atoms with Crippen molar-refractivity contribution in [1.29, 1.82) is 5.26 Å². The Morgan fingerprint density at radius 2 is 1.93 bits per heavy atom. The van der Waals surface area contributed by atoms with E-state index < -0.39 is 11.7 Å². The van der Waals surface area contributed by atoms with Gasteiger partial charge in [-0.1, -0.05) is 12.1 Å². The lowest BCUT2D eigenvalue weighted by Gasteiger charge is -2.25. The molecule has 0 saturated heterocycles. The molecule has 0 unspecified atom stereocenters. The van der Waals surface area contributed by atoms with Crippen molar-refractivity contribution >= 4 is 0 Å². The second kappa shape index (κ2) is 7.22. The number of nitrogens with zero attached hydrogens (tertiary/aromatic N) is 4. The Hall–Kier alpha value is -3.38. The summed E-state index contributed by atoms with van der Waals surface area (Å²) in [5.74, 6) is 0.121. The van der Waals surface area contributed by atoms with Crippen LogP contribution in [0.3, 0.4) is 0 Å².